The van der Waals surface area contributed by atoms with Crippen molar-refractivity contribution in [3.05, 3.63) is 65.7 Å². The molecule has 1 saturated carbocycles. The molecule has 35 heavy (non-hydrogen) atoms. The second kappa shape index (κ2) is 11.0. The number of carbonyl (C=O) groups excluding carboxylic acids is 2. The van der Waals surface area contributed by atoms with Gasteiger partial charge in [0.15, 0.2) is 0 Å². The van der Waals surface area contributed by atoms with E-state index in [1.54, 1.807) is 17.0 Å². The van der Waals surface area contributed by atoms with Crippen LogP contribution in [-0.2, 0) is 9.59 Å². The SMILES string of the molecule is NC(CF)C1CCC(C(=O)N2CC[C@H](c3ccccc3)[C@H]2C(=O)Nc2ccc(C(=O)O)cc2)CC1. The van der Waals surface area contributed by atoms with Gasteiger partial charge in [0.1, 0.15) is 12.7 Å². The lowest BCUT2D eigenvalue weighted by molar-refractivity contribution is -0.141. The van der Waals surface area contributed by atoms with Gasteiger partial charge in [-0.15, -0.1) is 0 Å². The van der Waals surface area contributed by atoms with Crippen molar-refractivity contribution in [3.8, 4) is 0 Å². The summed E-state index contributed by atoms with van der Waals surface area (Å²) in [7, 11) is 0. The molecule has 0 radical (unpaired) electrons. The molecule has 2 amide bonds. The van der Waals surface area contributed by atoms with Gasteiger partial charge in [0.05, 0.1) is 5.56 Å². The molecule has 7 nitrogen and oxygen atoms in total. The number of likely N-dealkylation sites (tertiary alicyclic amines) is 1. The fourth-order valence-electron chi connectivity index (χ4n) is 5.48. The first kappa shape index (κ1) is 24.9. The van der Waals surface area contributed by atoms with Gasteiger partial charge in [0.2, 0.25) is 11.8 Å². The monoisotopic (exact) mass is 481 g/mol. The molecule has 2 fully saturated rings. The Balaban J connectivity index is 1.52. The first-order chi connectivity index (χ1) is 16.9. The topological polar surface area (TPSA) is 113 Å². The minimum absolute atomic E-state index is 0.0305. The van der Waals surface area contributed by atoms with Crippen molar-refractivity contribution in [2.45, 2.75) is 50.1 Å². The maximum Gasteiger partial charge on any atom is 0.335 e. The van der Waals surface area contributed by atoms with Crippen LogP contribution in [0.2, 0.25) is 0 Å². The number of nitrogens with zero attached hydrogens (tertiary/aromatic N) is 1. The van der Waals surface area contributed by atoms with Gasteiger partial charge in [-0.2, -0.15) is 0 Å². The molecule has 0 spiro atoms. The van der Waals surface area contributed by atoms with Gasteiger partial charge in [-0.1, -0.05) is 30.3 Å². The molecule has 1 unspecified atom stereocenters. The van der Waals surface area contributed by atoms with E-state index in [4.69, 9.17) is 10.8 Å². The Kier molecular flexibility index (Phi) is 7.80. The molecule has 1 heterocycles. The van der Waals surface area contributed by atoms with Crippen LogP contribution >= 0.6 is 0 Å². The van der Waals surface area contributed by atoms with E-state index in [1.807, 2.05) is 30.3 Å². The van der Waals surface area contributed by atoms with Crippen LogP contribution < -0.4 is 11.1 Å². The first-order valence-corrected chi connectivity index (χ1v) is 12.2. The number of hydrogen-bond donors (Lipinski definition) is 3. The minimum Gasteiger partial charge on any atom is -0.478 e. The zero-order chi connectivity index (χ0) is 24.9. The average Bonchev–Trinajstić information content (AvgIpc) is 3.34. The van der Waals surface area contributed by atoms with Crippen LogP contribution in [0.25, 0.3) is 0 Å². The molecule has 2 aromatic rings. The zero-order valence-corrected chi connectivity index (χ0v) is 19.6. The summed E-state index contributed by atoms with van der Waals surface area (Å²) >= 11 is 0. The van der Waals surface area contributed by atoms with E-state index in [1.165, 1.54) is 12.1 Å². The molecular formula is C27H32FN3O4. The molecule has 186 valence electrons. The van der Waals surface area contributed by atoms with Gasteiger partial charge in [0.25, 0.3) is 0 Å². The Morgan fingerprint density at radius 2 is 1.66 bits per heavy atom. The van der Waals surface area contributed by atoms with Crippen molar-refractivity contribution in [1.82, 2.24) is 4.90 Å². The number of aromatic carboxylic acids is 1. The zero-order valence-electron chi connectivity index (χ0n) is 19.6. The Hall–Kier alpha value is -3.26. The summed E-state index contributed by atoms with van der Waals surface area (Å²) in [6, 6.07) is 14.5. The molecule has 8 heteroatoms. The van der Waals surface area contributed by atoms with E-state index >= 15 is 0 Å². The number of carbonyl (C=O) groups is 3. The second-order valence-electron chi connectivity index (χ2n) is 9.58. The highest BCUT2D eigenvalue weighted by molar-refractivity contribution is 5.99. The maximum absolute atomic E-state index is 13.6. The Labute approximate surface area is 204 Å². The van der Waals surface area contributed by atoms with E-state index < -0.39 is 24.7 Å². The van der Waals surface area contributed by atoms with E-state index in [9.17, 15) is 18.8 Å². The standard InChI is InChI=1S/C27H32FN3O4/c28-16-23(29)18-6-8-19(9-7-18)26(33)31-15-14-22(17-4-2-1-3-5-17)24(31)25(32)30-21-12-10-20(11-13-21)27(34)35/h1-5,10-13,18-19,22-24H,6-9,14-16,29H2,(H,30,32)(H,34,35)/t18?,19?,22-,23?,24+/m1/s1. The molecule has 0 bridgehead atoms. The number of benzene rings is 2. The highest BCUT2D eigenvalue weighted by Crippen LogP contribution is 2.38. The van der Waals surface area contributed by atoms with E-state index in [0.717, 1.165) is 5.56 Å². The van der Waals surface area contributed by atoms with Crippen molar-refractivity contribution in [2.75, 3.05) is 18.5 Å². The summed E-state index contributed by atoms with van der Waals surface area (Å²) in [5.74, 6) is -1.61. The lowest BCUT2D eigenvalue weighted by atomic mass is 9.78. The summed E-state index contributed by atoms with van der Waals surface area (Å²) in [5.41, 5.74) is 7.49. The van der Waals surface area contributed by atoms with Crippen molar-refractivity contribution < 1.29 is 23.9 Å². The molecule has 4 N–H and O–H groups in total. The first-order valence-electron chi connectivity index (χ1n) is 12.2. The van der Waals surface area contributed by atoms with Crippen LogP contribution in [0.15, 0.2) is 54.6 Å². The average molecular weight is 482 g/mol. The number of nitrogens with one attached hydrogen (secondary N) is 1. The Morgan fingerprint density at radius 3 is 2.26 bits per heavy atom. The van der Waals surface area contributed by atoms with Crippen LogP contribution in [0.5, 0.6) is 0 Å². The molecule has 2 aliphatic rings. The highest BCUT2D eigenvalue weighted by atomic mass is 19.1. The molecule has 1 aliphatic heterocycles. The Bertz CT molecular complexity index is 1040. The smallest absolute Gasteiger partial charge is 0.335 e. The molecule has 1 saturated heterocycles. The fraction of sp³-hybridized carbons (Fsp3) is 0.444. The number of rotatable bonds is 7. The summed E-state index contributed by atoms with van der Waals surface area (Å²) in [4.78, 5) is 39.9. The third-order valence-electron chi connectivity index (χ3n) is 7.48. The van der Waals surface area contributed by atoms with Crippen molar-refractivity contribution in [1.29, 1.82) is 0 Å². The number of halogens is 1. The van der Waals surface area contributed by atoms with Crippen LogP contribution in [0.4, 0.5) is 10.1 Å². The fourth-order valence-corrected chi connectivity index (χ4v) is 5.48. The van der Waals surface area contributed by atoms with Crippen LogP contribution in [0.3, 0.4) is 0 Å². The summed E-state index contributed by atoms with van der Waals surface area (Å²) in [6.45, 7) is -0.0673. The van der Waals surface area contributed by atoms with E-state index in [-0.39, 0.29) is 35.1 Å². The predicted octanol–water partition coefficient (Wildman–Crippen LogP) is 3.81. The Morgan fingerprint density at radius 1 is 1.00 bits per heavy atom. The predicted molar refractivity (Wildman–Crippen MR) is 131 cm³/mol. The molecule has 1 aliphatic carbocycles. The third-order valence-corrected chi connectivity index (χ3v) is 7.48. The summed E-state index contributed by atoms with van der Waals surface area (Å²) < 4.78 is 13.0. The number of alkyl halides is 1. The van der Waals surface area contributed by atoms with Gasteiger partial charge in [-0.25, -0.2) is 9.18 Å². The summed E-state index contributed by atoms with van der Waals surface area (Å²) in [6.07, 6.45) is 3.39. The van der Waals surface area contributed by atoms with Crippen molar-refractivity contribution >= 4 is 23.5 Å². The highest BCUT2D eigenvalue weighted by Gasteiger charge is 2.44. The third kappa shape index (κ3) is 5.53. The number of carboxylic acid groups (broad SMARTS) is 1. The van der Waals surface area contributed by atoms with Gasteiger partial charge < -0.3 is 21.1 Å². The molecule has 0 aromatic heterocycles. The second-order valence-corrected chi connectivity index (χ2v) is 9.58. The molecule has 3 atom stereocenters. The lowest BCUT2D eigenvalue weighted by Gasteiger charge is -2.35. The number of anilines is 1. The van der Waals surface area contributed by atoms with Gasteiger partial charge in [0, 0.05) is 30.1 Å². The largest absolute Gasteiger partial charge is 0.478 e. The quantitative estimate of drug-likeness (QED) is 0.557. The van der Waals surface area contributed by atoms with Crippen LogP contribution in [0, 0.1) is 11.8 Å². The van der Waals surface area contributed by atoms with Gasteiger partial charge >= 0.3 is 5.97 Å². The van der Waals surface area contributed by atoms with Gasteiger partial charge in [-0.3, -0.25) is 9.59 Å². The van der Waals surface area contributed by atoms with Crippen LogP contribution in [0.1, 0.15) is 53.9 Å². The number of hydrogen-bond acceptors (Lipinski definition) is 4. The maximum atomic E-state index is 13.6. The summed E-state index contributed by atoms with van der Waals surface area (Å²) in [5, 5.41) is 12.0. The van der Waals surface area contributed by atoms with Gasteiger partial charge in [-0.05, 0) is 67.9 Å². The molecule has 2 aromatic carbocycles. The normalized spacial score (nSPS) is 25.1. The lowest BCUT2D eigenvalue weighted by Crippen LogP contribution is -2.48. The molecular weight excluding hydrogens is 449 g/mol. The molecule has 4 rings (SSSR count). The van der Waals surface area contributed by atoms with Crippen molar-refractivity contribution in [3.63, 3.8) is 0 Å². The number of carboxylic acids is 1. The van der Waals surface area contributed by atoms with Crippen LogP contribution in [-0.4, -0.2) is 53.1 Å². The van der Waals surface area contributed by atoms with E-state index in [2.05, 4.69) is 5.32 Å². The minimum atomic E-state index is -1.04. The number of nitrogens with two attached hydrogens (primary N) is 1. The number of amides is 2. The van der Waals surface area contributed by atoms with E-state index in [0.29, 0.717) is 44.3 Å². The van der Waals surface area contributed by atoms with Crippen molar-refractivity contribution in [2.24, 2.45) is 17.6 Å².